The molecule has 154 valence electrons. The van der Waals surface area contributed by atoms with Crippen molar-refractivity contribution < 1.29 is 9.59 Å². The van der Waals surface area contributed by atoms with Crippen LogP contribution in [0.2, 0.25) is 0 Å². The summed E-state index contributed by atoms with van der Waals surface area (Å²) in [5, 5.41) is 3.20. The average molecular weight is 377 g/mol. The Morgan fingerprint density at radius 1 is 1.07 bits per heavy atom. The van der Waals surface area contributed by atoms with Crippen molar-refractivity contribution >= 4 is 11.8 Å². The number of piperidine rings is 1. The molecule has 1 aliphatic heterocycles. The highest BCUT2D eigenvalue weighted by molar-refractivity contribution is 5.82. The number of hydrogen-bond donors (Lipinski definition) is 1. The quantitative estimate of drug-likeness (QED) is 0.731. The first-order chi connectivity index (χ1) is 12.4. The first-order valence-corrected chi connectivity index (χ1v) is 11.0. The van der Waals surface area contributed by atoms with Gasteiger partial charge in [-0.25, -0.2) is 0 Å². The molecule has 3 fully saturated rings. The minimum absolute atomic E-state index is 0.147. The van der Waals surface area contributed by atoms with Gasteiger partial charge in [0.25, 0.3) is 0 Å². The van der Waals surface area contributed by atoms with Gasteiger partial charge in [0.05, 0.1) is 0 Å². The van der Waals surface area contributed by atoms with Gasteiger partial charge in [-0.05, 0) is 54.3 Å². The Hall–Kier alpha value is -1.06. The van der Waals surface area contributed by atoms with Gasteiger partial charge in [-0.1, -0.05) is 48.5 Å². The second kappa shape index (κ2) is 7.08. The topological polar surface area (TPSA) is 49.4 Å². The molecule has 4 heteroatoms. The minimum Gasteiger partial charge on any atom is -0.355 e. The summed E-state index contributed by atoms with van der Waals surface area (Å²) in [7, 11) is 0. The van der Waals surface area contributed by atoms with Crippen molar-refractivity contribution in [3.05, 3.63) is 0 Å². The van der Waals surface area contributed by atoms with E-state index >= 15 is 0 Å². The molecule has 2 aliphatic carbocycles. The van der Waals surface area contributed by atoms with Crippen LogP contribution in [0, 0.1) is 46.3 Å². The summed E-state index contributed by atoms with van der Waals surface area (Å²) in [6.07, 6.45) is 3.17. The Labute approximate surface area is 165 Å². The summed E-state index contributed by atoms with van der Waals surface area (Å²) < 4.78 is 0. The first-order valence-electron chi connectivity index (χ1n) is 11.0. The van der Waals surface area contributed by atoms with Crippen LogP contribution in [-0.2, 0) is 9.59 Å². The number of likely N-dealkylation sites (tertiary alicyclic amines) is 1. The molecular formula is C23H40N2O2. The van der Waals surface area contributed by atoms with Crippen molar-refractivity contribution in [2.75, 3.05) is 19.6 Å². The van der Waals surface area contributed by atoms with E-state index in [0.717, 1.165) is 32.5 Å². The molecule has 3 aliphatic rings. The van der Waals surface area contributed by atoms with E-state index in [1.807, 2.05) is 13.8 Å². The fourth-order valence-corrected chi connectivity index (χ4v) is 5.64. The van der Waals surface area contributed by atoms with Crippen LogP contribution < -0.4 is 5.32 Å². The summed E-state index contributed by atoms with van der Waals surface area (Å²) in [4.78, 5) is 27.4. The van der Waals surface area contributed by atoms with Crippen molar-refractivity contribution in [2.24, 2.45) is 46.3 Å². The predicted octanol–water partition coefficient (Wildman–Crippen LogP) is 3.95. The molecule has 4 nitrogen and oxygen atoms in total. The molecule has 1 saturated heterocycles. The summed E-state index contributed by atoms with van der Waals surface area (Å²) in [6.45, 7) is 17.7. The lowest BCUT2D eigenvalue weighted by atomic mass is 9.75. The SMILES string of the molecule is CC(C)C[C@@H]1C[C@H]1C(=O)N1CC2C(CNC(=O)C(C)(C)CC(C)(C)C)C2C1. The highest BCUT2D eigenvalue weighted by Gasteiger charge is 2.58. The van der Waals surface area contributed by atoms with Gasteiger partial charge in [0.1, 0.15) is 0 Å². The number of hydrogen-bond acceptors (Lipinski definition) is 2. The molecule has 1 N–H and O–H groups in total. The van der Waals surface area contributed by atoms with Crippen LogP contribution in [0.1, 0.15) is 67.7 Å². The Morgan fingerprint density at radius 2 is 1.67 bits per heavy atom. The second-order valence-electron chi connectivity index (χ2n) is 11.8. The molecule has 0 bridgehead atoms. The van der Waals surface area contributed by atoms with Gasteiger partial charge in [-0.15, -0.1) is 0 Å². The van der Waals surface area contributed by atoms with E-state index in [1.165, 1.54) is 6.42 Å². The van der Waals surface area contributed by atoms with E-state index < -0.39 is 0 Å². The van der Waals surface area contributed by atoms with Gasteiger partial charge in [-0.2, -0.15) is 0 Å². The third-order valence-electron chi connectivity index (χ3n) is 6.78. The van der Waals surface area contributed by atoms with E-state index in [4.69, 9.17) is 0 Å². The molecule has 0 radical (unpaired) electrons. The number of rotatable bonds is 7. The number of carbonyl (C=O) groups excluding carboxylic acids is 2. The fourth-order valence-electron chi connectivity index (χ4n) is 5.64. The average Bonchev–Trinajstić information content (AvgIpc) is 3.35. The molecule has 1 heterocycles. The molecule has 3 rings (SSSR count). The lowest BCUT2D eigenvalue weighted by molar-refractivity contribution is -0.133. The molecular weight excluding hydrogens is 336 g/mol. The van der Waals surface area contributed by atoms with Crippen LogP contribution in [0.5, 0.6) is 0 Å². The highest BCUT2D eigenvalue weighted by Crippen LogP contribution is 2.53. The van der Waals surface area contributed by atoms with Crippen molar-refractivity contribution in [1.82, 2.24) is 10.2 Å². The van der Waals surface area contributed by atoms with Gasteiger partial charge >= 0.3 is 0 Å². The molecule has 2 unspecified atom stereocenters. The monoisotopic (exact) mass is 376 g/mol. The van der Waals surface area contributed by atoms with Crippen molar-refractivity contribution in [1.29, 1.82) is 0 Å². The summed E-state index contributed by atoms with van der Waals surface area (Å²) >= 11 is 0. The lowest BCUT2D eigenvalue weighted by Gasteiger charge is -2.31. The minimum atomic E-state index is -0.332. The number of carbonyl (C=O) groups is 2. The molecule has 2 saturated carbocycles. The number of amides is 2. The van der Waals surface area contributed by atoms with Gasteiger partial charge in [0.15, 0.2) is 0 Å². The third kappa shape index (κ3) is 4.86. The van der Waals surface area contributed by atoms with E-state index in [9.17, 15) is 9.59 Å². The molecule has 0 aromatic rings. The normalized spacial score (nSPS) is 32.4. The first kappa shape index (κ1) is 20.7. The van der Waals surface area contributed by atoms with Crippen molar-refractivity contribution in [2.45, 2.75) is 67.7 Å². The largest absolute Gasteiger partial charge is 0.355 e. The fraction of sp³-hybridized carbons (Fsp3) is 0.913. The Kier molecular flexibility index (Phi) is 5.42. The van der Waals surface area contributed by atoms with Crippen LogP contribution in [0.4, 0.5) is 0 Å². The zero-order chi connectivity index (χ0) is 20.1. The van der Waals surface area contributed by atoms with Crippen LogP contribution >= 0.6 is 0 Å². The van der Waals surface area contributed by atoms with Crippen LogP contribution in [0.25, 0.3) is 0 Å². The van der Waals surface area contributed by atoms with Crippen LogP contribution in [-0.4, -0.2) is 36.3 Å². The Balaban J connectivity index is 1.38. The van der Waals surface area contributed by atoms with Gasteiger partial charge in [0.2, 0.25) is 11.8 Å². The maximum Gasteiger partial charge on any atom is 0.225 e. The Morgan fingerprint density at radius 3 is 2.19 bits per heavy atom. The Bertz CT molecular complexity index is 578. The highest BCUT2D eigenvalue weighted by atomic mass is 16.2. The van der Waals surface area contributed by atoms with Crippen molar-refractivity contribution in [3.63, 3.8) is 0 Å². The standard InChI is InChI=1S/C23H40N2O2/c1-14(2)8-15-9-16(15)20(26)25-11-18-17(19(18)12-25)10-24-21(27)23(6,7)13-22(3,4)5/h14-19H,8-13H2,1-7H3,(H,24,27)/t15-,16-,17?,18?,19?/m1/s1. The summed E-state index contributed by atoms with van der Waals surface area (Å²) in [6, 6.07) is 0. The maximum atomic E-state index is 12.7. The molecule has 27 heavy (non-hydrogen) atoms. The van der Waals surface area contributed by atoms with E-state index in [0.29, 0.717) is 41.4 Å². The molecule has 4 atom stereocenters. The van der Waals surface area contributed by atoms with E-state index in [-0.39, 0.29) is 16.7 Å². The lowest BCUT2D eigenvalue weighted by Crippen LogP contribution is -2.41. The smallest absolute Gasteiger partial charge is 0.225 e. The van der Waals surface area contributed by atoms with Crippen molar-refractivity contribution in [3.8, 4) is 0 Å². The molecule has 0 aromatic carbocycles. The van der Waals surface area contributed by atoms with E-state index in [1.54, 1.807) is 0 Å². The van der Waals surface area contributed by atoms with E-state index in [2.05, 4.69) is 44.8 Å². The van der Waals surface area contributed by atoms with Crippen LogP contribution in [0.15, 0.2) is 0 Å². The van der Waals surface area contributed by atoms with Gasteiger partial charge < -0.3 is 10.2 Å². The number of nitrogens with one attached hydrogen (secondary N) is 1. The second-order valence-corrected chi connectivity index (χ2v) is 11.8. The molecule has 2 amide bonds. The maximum absolute atomic E-state index is 12.7. The molecule has 0 aromatic heterocycles. The van der Waals surface area contributed by atoms with Crippen LogP contribution in [0.3, 0.4) is 0 Å². The zero-order valence-corrected chi connectivity index (χ0v) is 18.5. The van der Waals surface area contributed by atoms with Gasteiger partial charge in [-0.3, -0.25) is 9.59 Å². The number of nitrogens with zero attached hydrogens (tertiary/aromatic N) is 1. The number of fused-ring (bicyclic) bond motifs is 1. The zero-order valence-electron chi connectivity index (χ0n) is 18.5. The molecule has 0 spiro atoms. The summed E-state index contributed by atoms with van der Waals surface area (Å²) in [5.41, 5.74) is -0.185. The summed E-state index contributed by atoms with van der Waals surface area (Å²) in [5.74, 6) is 4.01. The third-order valence-corrected chi connectivity index (χ3v) is 6.78. The van der Waals surface area contributed by atoms with Gasteiger partial charge in [0, 0.05) is 31.0 Å². The predicted molar refractivity (Wildman–Crippen MR) is 109 cm³/mol.